The van der Waals surface area contributed by atoms with Crippen LogP contribution in [-0.4, -0.2) is 0 Å². The molecule has 0 aliphatic heterocycles. The molecule has 0 aromatic carbocycles. The summed E-state index contributed by atoms with van der Waals surface area (Å²) in [7, 11) is 0. The average molecular weight is 109 g/mol. The van der Waals surface area contributed by atoms with E-state index in [-0.39, 0.29) is 0 Å². The number of rotatable bonds is 0. The second-order valence-electron chi connectivity index (χ2n) is 0.480. The van der Waals surface area contributed by atoms with Crippen LogP contribution in [0.25, 0.3) is 0 Å². The van der Waals surface area contributed by atoms with Gasteiger partial charge in [0.15, 0.2) is 0 Å². The molecule has 33 valence electrons. The molecular formula is C3ClF2. The SMILES string of the molecule is F[C](F)C#CCl. The van der Waals surface area contributed by atoms with Crippen LogP contribution in [-0.2, 0) is 0 Å². The zero-order chi connectivity index (χ0) is 4.99. The maximum absolute atomic E-state index is 10.7. The maximum atomic E-state index is 10.7. The first-order valence-corrected chi connectivity index (χ1v) is 1.44. The first-order valence-electron chi connectivity index (χ1n) is 1.07. The van der Waals surface area contributed by atoms with E-state index < -0.39 is 6.43 Å². The van der Waals surface area contributed by atoms with Crippen molar-refractivity contribution in [3.63, 3.8) is 0 Å². The summed E-state index contributed by atoms with van der Waals surface area (Å²) in [5, 5.41) is 1.50. The topological polar surface area (TPSA) is 0 Å². The molecule has 0 spiro atoms. The Bertz CT molecular complexity index is 78.5. The molecule has 0 atom stereocenters. The van der Waals surface area contributed by atoms with E-state index in [1.807, 2.05) is 0 Å². The quantitative estimate of drug-likeness (QED) is 0.415. The molecule has 0 saturated heterocycles. The van der Waals surface area contributed by atoms with Crippen LogP contribution in [0.2, 0.25) is 0 Å². The first-order chi connectivity index (χ1) is 2.77. The summed E-state index contributed by atoms with van der Waals surface area (Å²) < 4.78 is 21.4. The van der Waals surface area contributed by atoms with E-state index >= 15 is 0 Å². The molecule has 1 radical (unpaired) electrons. The molecule has 0 fully saturated rings. The minimum atomic E-state index is -1.95. The predicted molar refractivity (Wildman–Crippen MR) is 19.1 cm³/mol. The van der Waals surface area contributed by atoms with E-state index in [1.165, 1.54) is 11.3 Å². The minimum absolute atomic E-state index is 1.31. The number of halogens is 3. The normalized spacial score (nSPS) is 7.33. The third-order valence-electron chi connectivity index (χ3n) is 0.142. The van der Waals surface area contributed by atoms with Gasteiger partial charge in [-0.25, -0.2) is 0 Å². The Morgan fingerprint density at radius 3 is 2.00 bits per heavy atom. The molecule has 3 heteroatoms. The van der Waals surface area contributed by atoms with Gasteiger partial charge < -0.3 is 0 Å². The highest BCUT2D eigenvalue weighted by Gasteiger charge is 1.93. The van der Waals surface area contributed by atoms with Crippen molar-refractivity contribution in [1.29, 1.82) is 0 Å². The van der Waals surface area contributed by atoms with Gasteiger partial charge in [0.1, 0.15) is 0 Å². The van der Waals surface area contributed by atoms with Crippen molar-refractivity contribution >= 4 is 11.6 Å². The Morgan fingerprint density at radius 1 is 1.50 bits per heavy atom. The van der Waals surface area contributed by atoms with E-state index in [1.54, 1.807) is 0 Å². The van der Waals surface area contributed by atoms with E-state index in [0.717, 1.165) is 0 Å². The Balaban J connectivity index is 3.20. The molecule has 0 aromatic rings. The van der Waals surface area contributed by atoms with Gasteiger partial charge in [0, 0.05) is 5.38 Å². The van der Waals surface area contributed by atoms with Crippen molar-refractivity contribution in [3.8, 4) is 11.3 Å². The van der Waals surface area contributed by atoms with Crippen LogP contribution in [0.15, 0.2) is 0 Å². The van der Waals surface area contributed by atoms with Gasteiger partial charge in [0.2, 0.25) is 0 Å². The second kappa shape index (κ2) is 2.92. The lowest BCUT2D eigenvalue weighted by Crippen LogP contribution is -1.63. The van der Waals surface area contributed by atoms with Crippen molar-refractivity contribution < 1.29 is 8.78 Å². The molecule has 0 amide bonds. The van der Waals surface area contributed by atoms with Crippen LogP contribution in [0.4, 0.5) is 8.78 Å². The summed E-state index contributed by atoms with van der Waals surface area (Å²) >= 11 is 4.53. The van der Waals surface area contributed by atoms with Crippen molar-refractivity contribution in [1.82, 2.24) is 0 Å². The largest absolute Gasteiger partial charge is 0.383 e. The fourth-order valence-electron chi connectivity index (χ4n) is 0.0357. The summed E-state index contributed by atoms with van der Waals surface area (Å²) in [4.78, 5) is 0. The minimum Gasteiger partial charge on any atom is -0.183 e. The summed E-state index contributed by atoms with van der Waals surface area (Å²) in [6, 6.07) is 0. The molecule has 0 rings (SSSR count). The van der Waals surface area contributed by atoms with Crippen LogP contribution >= 0.6 is 11.6 Å². The molecule has 0 unspecified atom stereocenters. The molecule has 0 aliphatic carbocycles. The van der Waals surface area contributed by atoms with Crippen molar-refractivity contribution in [2.24, 2.45) is 0 Å². The van der Waals surface area contributed by atoms with Gasteiger partial charge in [0.25, 0.3) is 0 Å². The highest BCUT2D eigenvalue weighted by atomic mass is 35.5. The molecule has 0 nitrogen and oxygen atoms in total. The van der Waals surface area contributed by atoms with Crippen molar-refractivity contribution in [2.45, 2.75) is 0 Å². The van der Waals surface area contributed by atoms with Gasteiger partial charge in [-0.05, 0) is 17.5 Å². The zero-order valence-corrected chi connectivity index (χ0v) is 3.39. The van der Waals surface area contributed by atoms with E-state index in [9.17, 15) is 8.78 Å². The predicted octanol–water partition coefficient (Wildman–Crippen LogP) is 1.61. The molecule has 0 bridgehead atoms. The third kappa shape index (κ3) is 3.71. The monoisotopic (exact) mass is 109 g/mol. The molecule has 0 N–H and O–H groups in total. The van der Waals surface area contributed by atoms with Crippen LogP contribution in [0.3, 0.4) is 0 Å². The van der Waals surface area contributed by atoms with Crippen LogP contribution < -0.4 is 0 Å². The standard InChI is InChI=1S/C3ClF2/c4-2-1-3(5)6. The molecular weight excluding hydrogens is 109 g/mol. The van der Waals surface area contributed by atoms with Gasteiger partial charge in [-0.15, -0.1) is 0 Å². The lowest BCUT2D eigenvalue weighted by molar-refractivity contribution is 0.343. The van der Waals surface area contributed by atoms with Crippen LogP contribution in [0.5, 0.6) is 0 Å². The Labute approximate surface area is 39.1 Å². The lowest BCUT2D eigenvalue weighted by atomic mass is 10.8. The molecule has 0 aliphatic rings. The highest BCUT2D eigenvalue weighted by molar-refractivity contribution is 6.30. The van der Waals surface area contributed by atoms with Crippen LogP contribution in [0.1, 0.15) is 0 Å². The van der Waals surface area contributed by atoms with Crippen molar-refractivity contribution in [3.05, 3.63) is 6.43 Å². The lowest BCUT2D eigenvalue weighted by Gasteiger charge is -1.68. The summed E-state index contributed by atoms with van der Waals surface area (Å²) in [6.07, 6.45) is -1.95. The fourth-order valence-corrected chi connectivity index (χ4v) is 0.107. The molecule has 0 heterocycles. The maximum Gasteiger partial charge on any atom is 0.383 e. The summed E-state index contributed by atoms with van der Waals surface area (Å²) in [5.41, 5.74) is 0. The van der Waals surface area contributed by atoms with Gasteiger partial charge in [-0.3, -0.25) is 0 Å². The smallest absolute Gasteiger partial charge is 0.183 e. The Kier molecular flexibility index (Phi) is 2.78. The van der Waals surface area contributed by atoms with Crippen LogP contribution in [0, 0.1) is 17.7 Å². The molecule has 0 aromatic heterocycles. The zero-order valence-electron chi connectivity index (χ0n) is 2.63. The average Bonchev–Trinajstić information content (AvgIpc) is 1.35. The fraction of sp³-hybridized carbons (Fsp3) is 0. The van der Waals surface area contributed by atoms with Gasteiger partial charge in [0.05, 0.1) is 0 Å². The highest BCUT2D eigenvalue weighted by Crippen LogP contribution is 1.97. The van der Waals surface area contributed by atoms with Gasteiger partial charge >= 0.3 is 6.43 Å². The van der Waals surface area contributed by atoms with Gasteiger partial charge in [-0.2, -0.15) is 8.78 Å². The molecule has 6 heavy (non-hydrogen) atoms. The Morgan fingerprint density at radius 2 is 2.00 bits per heavy atom. The third-order valence-corrected chi connectivity index (χ3v) is 0.236. The second-order valence-corrected chi connectivity index (χ2v) is 0.669. The summed E-state index contributed by atoms with van der Waals surface area (Å²) in [5.74, 6) is 1.31. The van der Waals surface area contributed by atoms with E-state index in [0.29, 0.717) is 0 Å². The number of hydrogen-bond donors (Lipinski definition) is 0. The summed E-state index contributed by atoms with van der Waals surface area (Å²) in [6.45, 7) is 0. The first kappa shape index (κ1) is 5.71. The molecule has 0 saturated carbocycles. The number of hydrogen-bond acceptors (Lipinski definition) is 0. The van der Waals surface area contributed by atoms with Crippen molar-refractivity contribution in [2.75, 3.05) is 0 Å². The Hall–Kier alpha value is -0.290. The van der Waals surface area contributed by atoms with Gasteiger partial charge in [-0.1, -0.05) is 0 Å². The van der Waals surface area contributed by atoms with E-state index in [2.05, 4.69) is 11.6 Å². The van der Waals surface area contributed by atoms with E-state index in [4.69, 9.17) is 0 Å².